The van der Waals surface area contributed by atoms with E-state index in [0.29, 0.717) is 38.4 Å². The second-order valence-electron chi connectivity index (χ2n) is 9.96. The highest BCUT2D eigenvalue weighted by atomic mass is 19.2. The SMILES string of the molecule is CNCC(CC1CCCCC1)NC(=O)N1CCCC(C(OCCNC(=O)O)c2cccc(F)c2F)C1. The van der Waals surface area contributed by atoms with Crippen LogP contribution < -0.4 is 16.0 Å². The lowest BCUT2D eigenvalue weighted by atomic mass is 9.85. The van der Waals surface area contributed by atoms with Crippen LogP contribution in [0, 0.1) is 23.5 Å². The van der Waals surface area contributed by atoms with Gasteiger partial charge in [-0.1, -0.05) is 44.2 Å². The first-order valence-corrected chi connectivity index (χ1v) is 13.1. The van der Waals surface area contributed by atoms with Gasteiger partial charge in [-0.2, -0.15) is 0 Å². The summed E-state index contributed by atoms with van der Waals surface area (Å²) in [5.41, 5.74) is 0.0861. The molecule has 0 bridgehead atoms. The number of nitrogens with one attached hydrogen (secondary N) is 3. The highest BCUT2D eigenvalue weighted by Gasteiger charge is 2.34. The maximum absolute atomic E-state index is 14.7. The summed E-state index contributed by atoms with van der Waals surface area (Å²) in [4.78, 5) is 25.7. The Labute approximate surface area is 212 Å². The zero-order chi connectivity index (χ0) is 25.9. The fraction of sp³-hybridized carbons (Fsp3) is 0.692. The minimum Gasteiger partial charge on any atom is -0.465 e. The van der Waals surface area contributed by atoms with Crippen LogP contribution in [0.4, 0.5) is 18.4 Å². The van der Waals surface area contributed by atoms with Gasteiger partial charge in [-0.3, -0.25) is 0 Å². The number of piperidine rings is 1. The highest BCUT2D eigenvalue weighted by molar-refractivity contribution is 5.74. The number of rotatable bonds is 11. The number of hydrogen-bond acceptors (Lipinski definition) is 4. The normalized spacial score (nSPS) is 20.5. The first kappa shape index (κ1) is 28.1. The Morgan fingerprint density at radius 2 is 1.94 bits per heavy atom. The molecule has 2 fully saturated rings. The molecular weight excluding hydrogens is 470 g/mol. The minimum atomic E-state index is -1.18. The summed E-state index contributed by atoms with van der Waals surface area (Å²) in [7, 11) is 1.88. The Kier molecular flexibility index (Phi) is 11.2. The summed E-state index contributed by atoms with van der Waals surface area (Å²) in [6.45, 7) is 1.63. The first-order chi connectivity index (χ1) is 17.4. The van der Waals surface area contributed by atoms with Crippen LogP contribution in [0.25, 0.3) is 0 Å². The smallest absolute Gasteiger partial charge is 0.404 e. The zero-order valence-electron chi connectivity index (χ0n) is 21.1. The Hall–Kier alpha value is -2.46. The number of likely N-dealkylation sites (tertiary alicyclic amines) is 1. The average molecular weight is 511 g/mol. The van der Waals surface area contributed by atoms with E-state index in [-0.39, 0.29) is 36.7 Å². The van der Waals surface area contributed by atoms with E-state index in [1.165, 1.54) is 44.2 Å². The van der Waals surface area contributed by atoms with Gasteiger partial charge in [-0.15, -0.1) is 0 Å². The third-order valence-electron chi connectivity index (χ3n) is 7.26. The van der Waals surface area contributed by atoms with Crippen molar-refractivity contribution in [1.29, 1.82) is 0 Å². The largest absolute Gasteiger partial charge is 0.465 e. The number of halogens is 2. The van der Waals surface area contributed by atoms with Crippen molar-refractivity contribution >= 4 is 12.1 Å². The molecule has 10 heteroatoms. The molecule has 3 atom stereocenters. The van der Waals surface area contributed by atoms with E-state index >= 15 is 0 Å². The second-order valence-corrected chi connectivity index (χ2v) is 9.96. The van der Waals surface area contributed by atoms with Gasteiger partial charge in [0.25, 0.3) is 0 Å². The summed E-state index contributed by atoms with van der Waals surface area (Å²) in [6.07, 6.45) is 6.54. The second kappa shape index (κ2) is 14.3. The van der Waals surface area contributed by atoms with Crippen molar-refractivity contribution in [3.05, 3.63) is 35.4 Å². The summed E-state index contributed by atoms with van der Waals surface area (Å²) in [5, 5.41) is 17.4. The van der Waals surface area contributed by atoms with Crippen molar-refractivity contribution in [2.45, 2.75) is 63.5 Å². The van der Waals surface area contributed by atoms with Gasteiger partial charge in [0.1, 0.15) is 0 Å². The Morgan fingerprint density at radius 1 is 1.17 bits per heavy atom. The lowest BCUT2D eigenvalue weighted by molar-refractivity contribution is -0.0108. The highest BCUT2D eigenvalue weighted by Crippen LogP contribution is 2.35. The predicted molar refractivity (Wildman–Crippen MR) is 133 cm³/mol. The number of benzene rings is 1. The fourth-order valence-corrected chi connectivity index (χ4v) is 5.54. The Bertz CT molecular complexity index is 853. The van der Waals surface area contributed by atoms with E-state index in [1.807, 2.05) is 7.05 Å². The molecule has 1 aromatic carbocycles. The molecule has 0 radical (unpaired) electrons. The molecule has 1 aliphatic carbocycles. The van der Waals surface area contributed by atoms with Crippen molar-refractivity contribution in [1.82, 2.24) is 20.9 Å². The van der Waals surface area contributed by atoms with E-state index < -0.39 is 23.8 Å². The quantitative estimate of drug-likeness (QED) is 0.333. The molecule has 1 heterocycles. The minimum absolute atomic E-state index is 0.00124. The molecule has 36 heavy (non-hydrogen) atoms. The maximum Gasteiger partial charge on any atom is 0.404 e. The summed E-state index contributed by atoms with van der Waals surface area (Å²) in [6, 6.07) is 3.85. The molecule has 4 N–H and O–H groups in total. The van der Waals surface area contributed by atoms with E-state index in [1.54, 1.807) is 4.90 Å². The van der Waals surface area contributed by atoms with Crippen LogP contribution in [0.5, 0.6) is 0 Å². The Balaban J connectivity index is 1.66. The molecule has 3 amide bonds. The molecule has 2 aliphatic rings. The number of hydrogen-bond donors (Lipinski definition) is 4. The van der Waals surface area contributed by atoms with E-state index in [9.17, 15) is 18.4 Å². The first-order valence-electron chi connectivity index (χ1n) is 13.1. The molecule has 1 saturated heterocycles. The molecule has 0 aromatic heterocycles. The lowest BCUT2D eigenvalue weighted by Crippen LogP contribution is -2.52. The van der Waals surface area contributed by atoms with E-state index in [4.69, 9.17) is 9.84 Å². The van der Waals surface area contributed by atoms with Crippen molar-refractivity contribution in [2.24, 2.45) is 11.8 Å². The van der Waals surface area contributed by atoms with Gasteiger partial charge >= 0.3 is 12.1 Å². The van der Waals surface area contributed by atoms with Gasteiger partial charge in [0, 0.05) is 43.7 Å². The van der Waals surface area contributed by atoms with Gasteiger partial charge in [0.15, 0.2) is 11.6 Å². The van der Waals surface area contributed by atoms with Gasteiger partial charge in [0.2, 0.25) is 0 Å². The van der Waals surface area contributed by atoms with Crippen molar-refractivity contribution < 1.29 is 28.2 Å². The molecule has 8 nitrogen and oxygen atoms in total. The molecule has 3 rings (SSSR count). The monoisotopic (exact) mass is 510 g/mol. The predicted octanol–water partition coefficient (Wildman–Crippen LogP) is 4.27. The third-order valence-corrected chi connectivity index (χ3v) is 7.26. The maximum atomic E-state index is 14.7. The van der Waals surface area contributed by atoms with Gasteiger partial charge in [0.05, 0.1) is 12.7 Å². The number of carbonyl (C=O) groups is 2. The number of ether oxygens (including phenoxy) is 1. The summed E-state index contributed by atoms with van der Waals surface area (Å²) < 4.78 is 34.6. The summed E-state index contributed by atoms with van der Waals surface area (Å²) >= 11 is 0. The molecule has 1 saturated carbocycles. The average Bonchev–Trinajstić information content (AvgIpc) is 2.87. The number of nitrogens with zero attached hydrogens (tertiary/aromatic N) is 1. The van der Waals surface area contributed by atoms with Crippen molar-refractivity contribution in [3.8, 4) is 0 Å². The topological polar surface area (TPSA) is 103 Å². The molecule has 3 unspecified atom stereocenters. The van der Waals surface area contributed by atoms with Crippen LogP contribution in [-0.2, 0) is 4.74 Å². The van der Waals surface area contributed by atoms with E-state index in [0.717, 1.165) is 12.5 Å². The van der Waals surface area contributed by atoms with Crippen LogP contribution in [-0.4, -0.2) is 68.0 Å². The zero-order valence-corrected chi connectivity index (χ0v) is 21.1. The van der Waals surface area contributed by atoms with Gasteiger partial charge < -0.3 is 30.7 Å². The van der Waals surface area contributed by atoms with Gasteiger partial charge in [-0.25, -0.2) is 18.4 Å². The van der Waals surface area contributed by atoms with Crippen molar-refractivity contribution in [3.63, 3.8) is 0 Å². The van der Waals surface area contributed by atoms with Crippen LogP contribution in [0.2, 0.25) is 0 Å². The van der Waals surface area contributed by atoms with Crippen LogP contribution in [0.3, 0.4) is 0 Å². The summed E-state index contributed by atoms with van der Waals surface area (Å²) in [5.74, 6) is -1.57. The van der Waals surface area contributed by atoms with Crippen LogP contribution >= 0.6 is 0 Å². The van der Waals surface area contributed by atoms with Gasteiger partial charge in [-0.05, 0) is 38.3 Å². The third kappa shape index (κ3) is 8.30. The molecular formula is C26H40F2N4O4. The fourth-order valence-electron chi connectivity index (χ4n) is 5.54. The van der Waals surface area contributed by atoms with Crippen LogP contribution in [0.15, 0.2) is 18.2 Å². The Morgan fingerprint density at radius 3 is 2.67 bits per heavy atom. The van der Waals surface area contributed by atoms with E-state index in [2.05, 4.69) is 16.0 Å². The number of urea groups is 1. The number of amides is 3. The number of carboxylic acid groups (broad SMARTS) is 1. The molecule has 0 spiro atoms. The standard InChI is InChI=1S/C26H40F2N4O4/c1-29-16-20(15-18-7-3-2-4-8-18)31-25(33)32-13-6-9-19(17-32)24(36-14-12-30-26(34)35)21-10-5-11-22(27)23(21)28/h5,10-11,18-20,24,29-30H,2-4,6-9,12-17H2,1H3,(H,31,33)(H,34,35). The number of carbonyl (C=O) groups excluding carboxylic acids is 1. The molecule has 202 valence electrons. The molecule has 1 aliphatic heterocycles. The number of likely N-dealkylation sites (N-methyl/N-ethyl adjacent to an activating group) is 1. The van der Waals surface area contributed by atoms with Crippen LogP contribution in [0.1, 0.15) is 63.0 Å². The molecule has 1 aromatic rings. The lowest BCUT2D eigenvalue weighted by Gasteiger charge is -2.38. The van der Waals surface area contributed by atoms with Crippen molar-refractivity contribution in [2.75, 3.05) is 39.8 Å².